The Kier molecular flexibility index (Phi) is 5.18. The lowest BCUT2D eigenvalue weighted by Gasteiger charge is -2.13. The third-order valence-corrected chi connectivity index (χ3v) is 2.44. The summed E-state index contributed by atoms with van der Waals surface area (Å²) in [6, 6.07) is 3.42. The number of aliphatic hydroxyl groups is 1. The fraction of sp³-hybridized carbons (Fsp3) is 0.500. The molecule has 1 rings (SSSR count). The Hall–Kier alpha value is -1.53. The molecule has 1 aromatic carbocycles. The zero-order valence-electron chi connectivity index (χ0n) is 10.4. The standard InChI is InChI=1S/C12H17FN2O3/c1-8(2)6-14-7-12(16)9-3-4-10(13)11(5-9)15(17)18/h3-5,8,12,14,16H,6-7H2,1-2H3. The first-order valence-electron chi connectivity index (χ1n) is 5.74. The summed E-state index contributed by atoms with van der Waals surface area (Å²) >= 11 is 0. The third kappa shape index (κ3) is 4.05. The molecule has 2 N–H and O–H groups in total. The first-order chi connectivity index (χ1) is 8.41. The number of nitro groups is 1. The minimum atomic E-state index is -0.897. The Balaban J connectivity index is 2.71. The van der Waals surface area contributed by atoms with Crippen molar-refractivity contribution in [1.82, 2.24) is 5.32 Å². The number of hydrogen-bond acceptors (Lipinski definition) is 4. The predicted octanol–water partition coefficient (Wildman–Crippen LogP) is 2.01. The highest BCUT2D eigenvalue weighted by Crippen LogP contribution is 2.22. The van der Waals surface area contributed by atoms with Gasteiger partial charge in [0.15, 0.2) is 0 Å². The largest absolute Gasteiger partial charge is 0.387 e. The Morgan fingerprint density at radius 2 is 2.11 bits per heavy atom. The van der Waals surface area contributed by atoms with Gasteiger partial charge in [0.25, 0.3) is 0 Å². The summed E-state index contributed by atoms with van der Waals surface area (Å²) in [5.41, 5.74) is -0.283. The van der Waals surface area contributed by atoms with E-state index in [9.17, 15) is 19.6 Å². The maximum atomic E-state index is 13.1. The van der Waals surface area contributed by atoms with Gasteiger partial charge >= 0.3 is 5.69 Å². The van der Waals surface area contributed by atoms with Crippen molar-refractivity contribution >= 4 is 5.69 Å². The summed E-state index contributed by atoms with van der Waals surface area (Å²) in [6.45, 7) is 5.07. The second-order valence-corrected chi connectivity index (χ2v) is 4.54. The molecule has 1 aromatic rings. The molecule has 6 heteroatoms. The van der Waals surface area contributed by atoms with Gasteiger partial charge in [-0.15, -0.1) is 0 Å². The van der Waals surface area contributed by atoms with Gasteiger partial charge in [-0.05, 0) is 24.1 Å². The van der Waals surface area contributed by atoms with Crippen molar-refractivity contribution in [3.63, 3.8) is 0 Å². The highest BCUT2D eigenvalue weighted by molar-refractivity contribution is 5.37. The summed E-state index contributed by atoms with van der Waals surface area (Å²) in [5.74, 6) is -0.453. The minimum Gasteiger partial charge on any atom is -0.387 e. The lowest BCUT2D eigenvalue weighted by Crippen LogP contribution is -2.25. The van der Waals surface area contributed by atoms with Gasteiger partial charge in [-0.3, -0.25) is 10.1 Å². The first-order valence-corrected chi connectivity index (χ1v) is 5.74. The van der Waals surface area contributed by atoms with Crippen LogP contribution >= 0.6 is 0 Å². The molecular formula is C12H17FN2O3. The molecule has 0 saturated carbocycles. The Labute approximate surface area is 105 Å². The van der Waals surface area contributed by atoms with Crippen LogP contribution in [0.1, 0.15) is 25.5 Å². The monoisotopic (exact) mass is 256 g/mol. The number of hydrogen-bond donors (Lipinski definition) is 2. The first kappa shape index (κ1) is 14.5. The summed E-state index contributed by atoms with van der Waals surface area (Å²) in [4.78, 5) is 9.77. The van der Waals surface area contributed by atoms with Crippen LogP contribution in [0.5, 0.6) is 0 Å². The molecule has 5 nitrogen and oxygen atoms in total. The summed E-state index contributed by atoms with van der Waals surface area (Å²) in [7, 11) is 0. The van der Waals surface area contributed by atoms with Gasteiger partial charge in [0.2, 0.25) is 5.82 Å². The SMILES string of the molecule is CC(C)CNCC(O)c1ccc(F)c([N+](=O)[O-])c1. The zero-order valence-corrected chi connectivity index (χ0v) is 10.4. The molecule has 100 valence electrons. The van der Waals surface area contributed by atoms with Gasteiger partial charge in [-0.25, -0.2) is 0 Å². The third-order valence-electron chi connectivity index (χ3n) is 2.44. The number of aliphatic hydroxyl groups excluding tert-OH is 1. The molecule has 0 amide bonds. The van der Waals surface area contributed by atoms with Crippen LogP contribution in [0.3, 0.4) is 0 Å². The van der Waals surface area contributed by atoms with Gasteiger partial charge < -0.3 is 10.4 Å². The molecule has 0 aromatic heterocycles. The molecule has 0 aliphatic heterocycles. The second kappa shape index (κ2) is 6.42. The Morgan fingerprint density at radius 1 is 1.44 bits per heavy atom. The molecular weight excluding hydrogens is 239 g/mol. The van der Waals surface area contributed by atoms with E-state index in [0.717, 1.165) is 18.7 Å². The molecule has 0 fully saturated rings. The van der Waals surface area contributed by atoms with E-state index in [-0.39, 0.29) is 6.54 Å². The summed E-state index contributed by atoms with van der Waals surface area (Å²) in [5, 5.41) is 23.4. The topological polar surface area (TPSA) is 75.4 Å². The van der Waals surface area contributed by atoms with Crippen LogP contribution in [0.4, 0.5) is 10.1 Å². The number of nitrogens with zero attached hydrogens (tertiary/aromatic N) is 1. The van der Waals surface area contributed by atoms with Crippen molar-refractivity contribution in [3.05, 3.63) is 39.7 Å². The Bertz CT molecular complexity index is 424. The van der Waals surface area contributed by atoms with Crippen LogP contribution < -0.4 is 5.32 Å². The molecule has 0 heterocycles. The molecule has 0 radical (unpaired) electrons. The van der Waals surface area contributed by atoms with E-state index in [1.165, 1.54) is 6.07 Å². The maximum Gasteiger partial charge on any atom is 0.305 e. The van der Waals surface area contributed by atoms with Crippen LogP contribution in [0, 0.1) is 21.8 Å². The molecule has 1 unspecified atom stereocenters. The number of nitro benzene ring substituents is 1. The molecule has 1 atom stereocenters. The van der Waals surface area contributed by atoms with E-state index < -0.39 is 22.5 Å². The van der Waals surface area contributed by atoms with Gasteiger partial charge in [0, 0.05) is 12.6 Å². The molecule has 0 spiro atoms. The van der Waals surface area contributed by atoms with Crippen LogP contribution in [0.2, 0.25) is 0 Å². The van der Waals surface area contributed by atoms with Crippen molar-refractivity contribution in [3.8, 4) is 0 Å². The van der Waals surface area contributed by atoms with Crippen molar-refractivity contribution in [2.45, 2.75) is 20.0 Å². The quantitative estimate of drug-likeness (QED) is 0.603. The Morgan fingerprint density at radius 3 is 2.67 bits per heavy atom. The molecule has 18 heavy (non-hydrogen) atoms. The van der Waals surface area contributed by atoms with Crippen LogP contribution in [0.25, 0.3) is 0 Å². The lowest BCUT2D eigenvalue weighted by atomic mass is 10.1. The molecule has 0 saturated heterocycles. The van der Waals surface area contributed by atoms with Crippen LogP contribution in [0.15, 0.2) is 18.2 Å². The maximum absolute atomic E-state index is 13.1. The normalized spacial score (nSPS) is 12.7. The minimum absolute atomic E-state index is 0.279. The number of halogens is 1. The molecule has 0 aliphatic carbocycles. The fourth-order valence-electron chi connectivity index (χ4n) is 1.50. The van der Waals surface area contributed by atoms with E-state index in [1.807, 2.05) is 13.8 Å². The van der Waals surface area contributed by atoms with Gasteiger partial charge in [-0.1, -0.05) is 19.9 Å². The van der Waals surface area contributed by atoms with Crippen molar-refractivity contribution in [2.75, 3.05) is 13.1 Å². The van der Waals surface area contributed by atoms with Crippen molar-refractivity contribution < 1.29 is 14.4 Å². The van der Waals surface area contributed by atoms with Crippen LogP contribution in [-0.4, -0.2) is 23.1 Å². The van der Waals surface area contributed by atoms with Crippen molar-refractivity contribution in [1.29, 1.82) is 0 Å². The number of nitrogens with one attached hydrogen (secondary N) is 1. The summed E-state index contributed by atoms with van der Waals surface area (Å²) < 4.78 is 13.1. The van der Waals surface area contributed by atoms with Gasteiger partial charge in [0.1, 0.15) is 0 Å². The lowest BCUT2D eigenvalue weighted by molar-refractivity contribution is -0.387. The fourth-order valence-corrected chi connectivity index (χ4v) is 1.50. The highest BCUT2D eigenvalue weighted by atomic mass is 19.1. The van der Waals surface area contributed by atoms with E-state index in [1.54, 1.807) is 0 Å². The molecule has 0 bridgehead atoms. The van der Waals surface area contributed by atoms with Gasteiger partial charge in [-0.2, -0.15) is 4.39 Å². The van der Waals surface area contributed by atoms with E-state index in [0.29, 0.717) is 11.5 Å². The van der Waals surface area contributed by atoms with Gasteiger partial charge in [0.05, 0.1) is 11.0 Å². The van der Waals surface area contributed by atoms with Crippen LogP contribution in [-0.2, 0) is 0 Å². The summed E-state index contributed by atoms with van der Waals surface area (Å²) in [6.07, 6.45) is -0.886. The predicted molar refractivity (Wildman–Crippen MR) is 65.7 cm³/mol. The second-order valence-electron chi connectivity index (χ2n) is 4.54. The average molecular weight is 256 g/mol. The van der Waals surface area contributed by atoms with E-state index in [4.69, 9.17) is 0 Å². The zero-order chi connectivity index (χ0) is 13.7. The smallest absolute Gasteiger partial charge is 0.305 e. The average Bonchev–Trinajstić information content (AvgIpc) is 2.28. The molecule has 0 aliphatic rings. The number of benzene rings is 1. The van der Waals surface area contributed by atoms with Crippen molar-refractivity contribution in [2.24, 2.45) is 5.92 Å². The van der Waals surface area contributed by atoms with E-state index >= 15 is 0 Å². The highest BCUT2D eigenvalue weighted by Gasteiger charge is 2.17. The number of rotatable bonds is 6. The van der Waals surface area contributed by atoms with E-state index in [2.05, 4.69) is 5.32 Å².